The molecule has 88 valence electrons. The van der Waals surface area contributed by atoms with Gasteiger partial charge in [0.25, 0.3) is 5.69 Å². The van der Waals surface area contributed by atoms with Gasteiger partial charge in [0.15, 0.2) is 11.5 Å². The molecular formula is C9H12N2O4S. The summed E-state index contributed by atoms with van der Waals surface area (Å²) in [4.78, 5) is 10.4. The van der Waals surface area contributed by atoms with E-state index in [2.05, 4.69) is 0 Å². The van der Waals surface area contributed by atoms with Crippen molar-refractivity contribution in [3.8, 4) is 11.5 Å². The molecule has 0 radical (unpaired) electrons. The number of nitrogens with zero attached hydrogens (tertiary/aromatic N) is 1. The molecule has 0 atom stereocenters. The summed E-state index contributed by atoms with van der Waals surface area (Å²) in [5.41, 5.74) is 0.491. The van der Waals surface area contributed by atoms with Gasteiger partial charge in [-0.15, -0.1) is 0 Å². The normalized spacial score (nSPS) is 9.94. The zero-order valence-electron chi connectivity index (χ0n) is 8.93. The SMILES string of the molecule is COc1cc(CSN)c([N+](=O)[O-])cc1OC. The highest BCUT2D eigenvalue weighted by Gasteiger charge is 2.18. The molecule has 0 fully saturated rings. The van der Waals surface area contributed by atoms with Crippen LogP contribution in [0.5, 0.6) is 11.5 Å². The zero-order valence-corrected chi connectivity index (χ0v) is 9.74. The van der Waals surface area contributed by atoms with Crippen molar-refractivity contribution in [2.24, 2.45) is 5.14 Å². The van der Waals surface area contributed by atoms with Crippen LogP contribution in [-0.4, -0.2) is 19.1 Å². The molecule has 1 aromatic carbocycles. The monoisotopic (exact) mass is 244 g/mol. The summed E-state index contributed by atoms with van der Waals surface area (Å²) in [6.07, 6.45) is 0. The van der Waals surface area contributed by atoms with E-state index in [1.165, 1.54) is 20.3 Å². The van der Waals surface area contributed by atoms with E-state index in [9.17, 15) is 10.1 Å². The Morgan fingerprint density at radius 3 is 2.38 bits per heavy atom. The van der Waals surface area contributed by atoms with Gasteiger partial charge in [0, 0.05) is 11.3 Å². The molecule has 0 aromatic heterocycles. The molecule has 0 aliphatic rings. The van der Waals surface area contributed by atoms with Gasteiger partial charge in [0.2, 0.25) is 0 Å². The predicted octanol–water partition coefficient (Wildman–Crippen LogP) is 1.72. The smallest absolute Gasteiger partial charge is 0.277 e. The van der Waals surface area contributed by atoms with E-state index in [0.717, 1.165) is 11.9 Å². The number of methoxy groups -OCH3 is 2. The van der Waals surface area contributed by atoms with Gasteiger partial charge in [0.05, 0.1) is 25.2 Å². The van der Waals surface area contributed by atoms with Crippen molar-refractivity contribution in [1.82, 2.24) is 0 Å². The third kappa shape index (κ3) is 2.56. The van der Waals surface area contributed by atoms with E-state index < -0.39 is 4.92 Å². The fourth-order valence-corrected chi connectivity index (χ4v) is 1.70. The molecule has 16 heavy (non-hydrogen) atoms. The highest BCUT2D eigenvalue weighted by atomic mass is 32.2. The third-order valence-corrected chi connectivity index (χ3v) is 2.50. The number of nitro groups is 1. The molecule has 0 amide bonds. The van der Waals surface area contributed by atoms with Crippen molar-refractivity contribution in [3.63, 3.8) is 0 Å². The first-order valence-corrected chi connectivity index (χ1v) is 5.39. The molecular weight excluding hydrogens is 232 g/mol. The predicted molar refractivity (Wildman–Crippen MR) is 61.7 cm³/mol. The lowest BCUT2D eigenvalue weighted by Gasteiger charge is -2.09. The highest BCUT2D eigenvalue weighted by Crippen LogP contribution is 2.35. The lowest BCUT2D eigenvalue weighted by Crippen LogP contribution is -1.99. The van der Waals surface area contributed by atoms with Gasteiger partial charge < -0.3 is 9.47 Å². The van der Waals surface area contributed by atoms with Gasteiger partial charge in [-0.05, 0) is 6.07 Å². The van der Waals surface area contributed by atoms with Crippen molar-refractivity contribution in [2.45, 2.75) is 5.75 Å². The fraction of sp³-hybridized carbons (Fsp3) is 0.333. The maximum absolute atomic E-state index is 10.8. The van der Waals surface area contributed by atoms with E-state index >= 15 is 0 Å². The van der Waals surface area contributed by atoms with Gasteiger partial charge in [-0.1, -0.05) is 11.9 Å². The summed E-state index contributed by atoms with van der Waals surface area (Å²) >= 11 is 1.02. The van der Waals surface area contributed by atoms with Crippen LogP contribution in [0.2, 0.25) is 0 Å². The Balaban J connectivity index is 3.29. The summed E-state index contributed by atoms with van der Waals surface area (Å²) in [6, 6.07) is 2.90. The van der Waals surface area contributed by atoms with E-state index in [1.54, 1.807) is 6.07 Å². The number of nitrogens with two attached hydrogens (primary N) is 1. The molecule has 0 bridgehead atoms. The van der Waals surface area contributed by atoms with Crippen LogP contribution in [0.3, 0.4) is 0 Å². The maximum atomic E-state index is 10.8. The Labute approximate surface area is 97.0 Å². The van der Waals surface area contributed by atoms with E-state index in [-0.39, 0.29) is 5.69 Å². The third-order valence-electron chi connectivity index (χ3n) is 2.02. The molecule has 0 unspecified atom stereocenters. The van der Waals surface area contributed by atoms with Crippen LogP contribution >= 0.6 is 11.9 Å². The molecule has 6 nitrogen and oxygen atoms in total. The van der Waals surface area contributed by atoms with Gasteiger partial charge in [-0.3, -0.25) is 15.3 Å². The Hall–Kier alpha value is -1.47. The lowest BCUT2D eigenvalue weighted by molar-refractivity contribution is -0.385. The number of rotatable bonds is 5. The molecule has 0 heterocycles. The lowest BCUT2D eigenvalue weighted by atomic mass is 10.2. The summed E-state index contributed by atoms with van der Waals surface area (Å²) in [7, 11) is 2.90. The van der Waals surface area contributed by atoms with Crippen molar-refractivity contribution in [2.75, 3.05) is 14.2 Å². The second-order valence-corrected chi connectivity index (χ2v) is 3.53. The molecule has 0 aliphatic heterocycles. The van der Waals surface area contributed by atoms with E-state index in [1.807, 2.05) is 0 Å². The molecule has 1 rings (SSSR count). The van der Waals surface area contributed by atoms with Crippen LogP contribution in [0.1, 0.15) is 5.56 Å². The molecule has 2 N–H and O–H groups in total. The maximum Gasteiger partial charge on any atom is 0.277 e. The summed E-state index contributed by atoms with van der Waals surface area (Å²) in [6.45, 7) is 0. The average Bonchev–Trinajstić information content (AvgIpc) is 2.28. The Morgan fingerprint density at radius 1 is 1.38 bits per heavy atom. The first kappa shape index (κ1) is 12.6. The molecule has 1 aromatic rings. The minimum Gasteiger partial charge on any atom is -0.493 e. The zero-order chi connectivity index (χ0) is 12.1. The number of hydrogen-bond donors (Lipinski definition) is 1. The minimum absolute atomic E-state index is 0.0180. The van der Waals surface area contributed by atoms with Crippen LogP contribution in [0.15, 0.2) is 12.1 Å². The Morgan fingerprint density at radius 2 is 1.94 bits per heavy atom. The van der Waals surface area contributed by atoms with Crippen LogP contribution in [0.4, 0.5) is 5.69 Å². The minimum atomic E-state index is -0.465. The van der Waals surface area contributed by atoms with Crippen molar-refractivity contribution in [3.05, 3.63) is 27.8 Å². The van der Waals surface area contributed by atoms with Crippen molar-refractivity contribution >= 4 is 17.6 Å². The molecule has 0 saturated carbocycles. The standard InChI is InChI=1S/C9H12N2O4S/c1-14-8-3-6(5-16-10)7(11(12)13)4-9(8)15-2/h3-4H,5,10H2,1-2H3. The molecule has 7 heteroatoms. The van der Waals surface area contributed by atoms with Crippen LogP contribution in [-0.2, 0) is 5.75 Å². The van der Waals surface area contributed by atoms with Crippen LogP contribution in [0.25, 0.3) is 0 Å². The molecule has 0 aliphatic carbocycles. The Kier molecular flexibility index (Phi) is 4.39. The molecule has 0 saturated heterocycles. The van der Waals surface area contributed by atoms with E-state index in [4.69, 9.17) is 14.6 Å². The fourth-order valence-electron chi connectivity index (χ4n) is 1.29. The average molecular weight is 244 g/mol. The first-order chi connectivity index (χ1) is 7.63. The number of ether oxygens (including phenoxy) is 2. The van der Waals surface area contributed by atoms with Crippen molar-refractivity contribution in [1.29, 1.82) is 0 Å². The summed E-state index contributed by atoms with van der Waals surface area (Å²) in [5.74, 6) is 1.13. The number of benzene rings is 1. The topological polar surface area (TPSA) is 87.6 Å². The summed E-state index contributed by atoms with van der Waals surface area (Å²) < 4.78 is 10.1. The quantitative estimate of drug-likeness (QED) is 0.482. The van der Waals surface area contributed by atoms with Gasteiger partial charge in [-0.25, -0.2) is 0 Å². The van der Waals surface area contributed by atoms with Crippen molar-refractivity contribution < 1.29 is 14.4 Å². The number of nitro benzene ring substituents is 1. The largest absolute Gasteiger partial charge is 0.493 e. The highest BCUT2D eigenvalue weighted by molar-refractivity contribution is 7.96. The van der Waals surface area contributed by atoms with Crippen LogP contribution < -0.4 is 14.6 Å². The van der Waals surface area contributed by atoms with Crippen LogP contribution in [0, 0.1) is 10.1 Å². The second-order valence-electron chi connectivity index (χ2n) is 2.90. The van der Waals surface area contributed by atoms with Gasteiger partial charge in [0.1, 0.15) is 0 Å². The van der Waals surface area contributed by atoms with Gasteiger partial charge >= 0.3 is 0 Å². The van der Waals surface area contributed by atoms with Gasteiger partial charge in [-0.2, -0.15) is 0 Å². The Bertz CT molecular complexity index is 397. The first-order valence-electron chi connectivity index (χ1n) is 4.35. The number of hydrogen-bond acceptors (Lipinski definition) is 6. The summed E-state index contributed by atoms with van der Waals surface area (Å²) in [5, 5.41) is 16.1. The second kappa shape index (κ2) is 5.57. The van der Waals surface area contributed by atoms with E-state index in [0.29, 0.717) is 22.8 Å². The molecule has 0 spiro atoms.